The van der Waals surface area contributed by atoms with Gasteiger partial charge in [0.2, 0.25) is 0 Å². The predicted octanol–water partition coefficient (Wildman–Crippen LogP) is 4.87. The van der Waals surface area contributed by atoms with Gasteiger partial charge in [0, 0.05) is 5.92 Å². The maximum absolute atomic E-state index is 6.11. The largest absolute Gasteiger partial charge is 0.493 e. The van der Waals surface area contributed by atoms with Crippen LogP contribution in [0.5, 0.6) is 5.75 Å². The van der Waals surface area contributed by atoms with Crippen LogP contribution in [-0.4, -0.2) is 12.4 Å². The third-order valence-electron chi connectivity index (χ3n) is 3.58. The highest BCUT2D eigenvalue weighted by Crippen LogP contribution is 2.32. The molecule has 1 atom stereocenters. The van der Waals surface area contributed by atoms with E-state index in [9.17, 15) is 0 Å². The van der Waals surface area contributed by atoms with Gasteiger partial charge in [0.1, 0.15) is 5.75 Å². The fourth-order valence-electron chi connectivity index (χ4n) is 2.02. The highest BCUT2D eigenvalue weighted by Gasteiger charge is 2.20. The molecular weight excluding hydrogens is 252 g/mol. The number of hydrogen-bond acceptors (Lipinski definition) is 2. The Kier molecular flexibility index (Phi) is 5.79. The lowest BCUT2D eigenvalue weighted by atomic mass is 9.86. The molecule has 0 saturated heterocycles. The monoisotopic (exact) mass is 280 g/mol. The number of benzene rings is 1. The average molecular weight is 280 g/mol. The number of aryl methyl sites for hydroxylation is 1. The molecule has 0 spiro atoms. The van der Waals surface area contributed by atoms with E-state index in [1.165, 1.54) is 11.1 Å². The molecule has 0 aliphatic carbocycles. The molecule has 108 valence electrons. The molecule has 0 bridgehead atoms. The molecule has 1 nitrogen and oxygen atoms in total. The first kappa shape index (κ1) is 16.4. The zero-order valence-corrected chi connectivity index (χ0v) is 14.1. The van der Waals surface area contributed by atoms with Gasteiger partial charge in [-0.2, -0.15) is 12.6 Å². The van der Waals surface area contributed by atoms with Crippen molar-refractivity contribution in [1.29, 1.82) is 0 Å². The Hall–Kier alpha value is -0.630. The van der Waals surface area contributed by atoms with Gasteiger partial charge in [-0.3, -0.25) is 0 Å². The van der Waals surface area contributed by atoms with Crippen molar-refractivity contribution in [3.05, 3.63) is 29.3 Å². The van der Waals surface area contributed by atoms with E-state index in [2.05, 4.69) is 72.4 Å². The quantitative estimate of drug-likeness (QED) is 0.757. The van der Waals surface area contributed by atoms with Crippen molar-refractivity contribution in [3.8, 4) is 5.75 Å². The summed E-state index contributed by atoms with van der Waals surface area (Å²) in [6.45, 7) is 14.0. The maximum atomic E-state index is 6.11. The second-order valence-corrected chi connectivity index (χ2v) is 7.11. The first-order valence-electron chi connectivity index (χ1n) is 7.10. The molecule has 0 N–H and O–H groups in total. The van der Waals surface area contributed by atoms with Crippen LogP contribution in [0.4, 0.5) is 0 Å². The standard InChI is InChI=1S/C17H28OS/c1-12(2)14(11-19)10-18-16-9-13(3)7-8-15(16)17(4,5)6/h7-9,12,14,19H,10-11H2,1-6H3. The van der Waals surface area contributed by atoms with Gasteiger partial charge < -0.3 is 4.74 Å². The highest BCUT2D eigenvalue weighted by molar-refractivity contribution is 7.80. The normalized spacial score (nSPS) is 13.7. The summed E-state index contributed by atoms with van der Waals surface area (Å²) in [6, 6.07) is 6.50. The van der Waals surface area contributed by atoms with E-state index < -0.39 is 0 Å². The molecule has 1 rings (SSSR count). The Bertz CT molecular complexity index is 404. The Morgan fingerprint density at radius 2 is 1.84 bits per heavy atom. The van der Waals surface area contributed by atoms with Gasteiger partial charge in [-0.05, 0) is 41.2 Å². The molecule has 1 aromatic carbocycles. The maximum Gasteiger partial charge on any atom is 0.123 e. The Labute approximate surface area is 124 Å². The third kappa shape index (κ3) is 4.76. The summed E-state index contributed by atoms with van der Waals surface area (Å²) in [7, 11) is 0. The SMILES string of the molecule is Cc1ccc(C(C)(C)C)c(OCC(CS)C(C)C)c1. The molecule has 0 aliphatic rings. The molecule has 0 aliphatic heterocycles. The lowest BCUT2D eigenvalue weighted by molar-refractivity contribution is 0.223. The van der Waals surface area contributed by atoms with Crippen LogP contribution in [0, 0.1) is 18.8 Å². The third-order valence-corrected chi connectivity index (χ3v) is 4.04. The van der Waals surface area contributed by atoms with Crippen molar-refractivity contribution in [3.63, 3.8) is 0 Å². The Morgan fingerprint density at radius 1 is 1.21 bits per heavy atom. The van der Waals surface area contributed by atoms with Gasteiger partial charge in [0.05, 0.1) is 6.61 Å². The molecular formula is C17H28OS. The smallest absolute Gasteiger partial charge is 0.123 e. The van der Waals surface area contributed by atoms with Crippen LogP contribution in [0.15, 0.2) is 18.2 Å². The predicted molar refractivity (Wildman–Crippen MR) is 87.6 cm³/mol. The summed E-state index contributed by atoms with van der Waals surface area (Å²) in [5.41, 5.74) is 2.63. The zero-order chi connectivity index (χ0) is 14.6. The van der Waals surface area contributed by atoms with Crippen molar-refractivity contribution in [2.45, 2.75) is 47.0 Å². The van der Waals surface area contributed by atoms with Crippen LogP contribution >= 0.6 is 12.6 Å². The second-order valence-electron chi connectivity index (χ2n) is 6.75. The fraction of sp³-hybridized carbons (Fsp3) is 0.647. The molecule has 19 heavy (non-hydrogen) atoms. The summed E-state index contributed by atoms with van der Waals surface area (Å²) in [6.07, 6.45) is 0. The van der Waals surface area contributed by atoms with Crippen LogP contribution < -0.4 is 4.74 Å². The molecule has 0 saturated carbocycles. The molecule has 1 aromatic rings. The van der Waals surface area contributed by atoms with Crippen LogP contribution in [-0.2, 0) is 5.41 Å². The van der Waals surface area contributed by atoms with Crippen LogP contribution in [0.3, 0.4) is 0 Å². The van der Waals surface area contributed by atoms with Gasteiger partial charge in [0.15, 0.2) is 0 Å². The summed E-state index contributed by atoms with van der Waals surface area (Å²) in [5, 5.41) is 0. The highest BCUT2D eigenvalue weighted by atomic mass is 32.1. The minimum absolute atomic E-state index is 0.108. The minimum Gasteiger partial charge on any atom is -0.493 e. The first-order chi connectivity index (χ1) is 8.75. The van der Waals surface area contributed by atoms with Gasteiger partial charge >= 0.3 is 0 Å². The van der Waals surface area contributed by atoms with Crippen molar-refractivity contribution >= 4 is 12.6 Å². The molecule has 0 heterocycles. The van der Waals surface area contributed by atoms with Gasteiger partial charge in [0.25, 0.3) is 0 Å². The average Bonchev–Trinajstić information content (AvgIpc) is 2.27. The van der Waals surface area contributed by atoms with Crippen molar-refractivity contribution in [2.24, 2.45) is 11.8 Å². The molecule has 0 fully saturated rings. The number of ether oxygens (including phenoxy) is 1. The van der Waals surface area contributed by atoms with Gasteiger partial charge in [-0.15, -0.1) is 0 Å². The molecule has 0 aromatic heterocycles. The molecule has 0 amide bonds. The van der Waals surface area contributed by atoms with Crippen molar-refractivity contribution < 1.29 is 4.74 Å². The van der Waals surface area contributed by atoms with E-state index in [0.29, 0.717) is 11.8 Å². The van der Waals surface area contributed by atoms with E-state index in [-0.39, 0.29) is 5.41 Å². The summed E-state index contributed by atoms with van der Waals surface area (Å²) in [4.78, 5) is 0. The summed E-state index contributed by atoms with van der Waals surface area (Å²) >= 11 is 4.42. The van der Waals surface area contributed by atoms with E-state index in [0.717, 1.165) is 18.1 Å². The summed E-state index contributed by atoms with van der Waals surface area (Å²) < 4.78 is 6.11. The van der Waals surface area contributed by atoms with Crippen LogP contribution in [0.25, 0.3) is 0 Å². The fourth-order valence-corrected chi connectivity index (χ4v) is 2.55. The second kappa shape index (κ2) is 6.69. The molecule has 0 radical (unpaired) electrons. The number of hydrogen-bond donors (Lipinski definition) is 1. The van der Waals surface area contributed by atoms with Gasteiger partial charge in [-0.1, -0.05) is 46.8 Å². The van der Waals surface area contributed by atoms with E-state index >= 15 is 0 Å². The van der Waals surface area contributed by atoms with Crippen LogP contribution in [0.2, 0.25) is 0 Å². The van der Waals surface area contributed by atoms with Crippen molar-refractivity contribution in [2.75, 3.05) is 12.4 Å². The molecule has 2 heteroatoms. The van der Waals surface area contributed by atoms with E-state index in [1.807, 2.05) is 0 Å². The summed E-state index contributed by atoms with van der Waals surface area (Å²) in [5.74, 6) is 2.99. The van der Waals surface area contributed by atoms with E-state index in [1.54, 1.807) is 0 Å². The van der Waals surface area contributed by atoms with Gasteiger partial charge in [-0.25, -0.2) is 0 Å². The van der Waals surface area contributed by atoms with Crippen LogP contribution in [0.1, 0.15) is 45.7 Å². The number of rotatable bonds is 5. The lowest BCUT2D eigenvalue weighted by Crippen LogP contribution is -2.21. The number of thiol groups is 1. The Morgan fingerprint density at radius 3 is 2.32 bits per heavy atom. The van der Waals surface area contributed by atoms with E-state index in [4.69, 9.17) is 4.74 Å². The first-order valence-corrected chi connectivity index (χ1v) is 7.73. The molecule has 1 unspecified atom stereocenters. The van der Waals surface area contributed by atoms with Crippen molar-refractivity contribution in [1.82, 2.24) is 0 Å². The Balaban J connectivity index is 2.90. The topological polar surface area (TPSA) is 9.23 Å². The minimum atomic E-state index is 0.108. The zero-order valence-electron chi connectivity index (χ0n) is 13.2. The lowest BCUT2D eigenvalue weighted by Gasteiger charge is -2.25.